The zero-order chi connectivity index (χ0) is 14.7. The van der Waals surface area contributed by atoms with E-state index in [1.54, 1.807) is 6.08 Å². The number of carboxylic acids is 1. The predicted octanol–water partition coefficient (Wildman–Crippen LogP) is 2.67. The highest BCUT2D eigenvalue weighted by molar-refractivity contribution is 8.26. The zero-order valence-electron chi connectivity index (χ0n) is 10.8. The monoisotopic (exact) mass is 307 g/mol. The van der Waals surface area contributed by atoms with Gasteiger partial charge in [0.1, 0.15) is 4.32 Å². The van der Waals surface area contributed by atoms with Crippen LogP contribution in [-0.4, -0.2) is 32.7 Å². The van der Waals surface area contributed by atoms with Crippen molar-refractivity contribution < 1.29 is 14.7 Å². The van der Waals surface area contributed by atoms with Crippen LogP contribution in [0.5, 0.6) is 0 Å². The lowest BCUT2D eigenvalue weighted by Crippen LogP contribution is -2.30. The minimum Gasteiger partial charge on any atom is -0.481 e. The Labute approximate surface area is 126 Å². The first-order valence-electron chi connectivity index (χ1n) is 6.02. The quantitative estimate of drug-likeness (QED) is 0.684. The largest absolute Gasteiger partial charge is 0.481 e. The van der Waals surface area contributed by atoms with Crippen molar-refractivity contribution in [2.75, 3.05) is 6.54 Å². The lowest BCUT2D eigenvalue weighted by atomic mass is 10.1. The van der Waals surface area contributed by atoms with Gasteiger partial charge in [-0.2, -0.15) is 0 Å². The molecule has 1 aliphatic rings. The molecule has 0 aromatic heterocycles. The smallest absolute Gasteiger partial charge is 0.305 e. The molecule has 1 heterocycles. The number of carbonyl (C=O) groups excluding carboxylic acids is 1. The Kier molecular flexibility index (Phi) is 4.57. The number of carbonyl (C=O) groups is 2. The summed E-state index contributed by atoms with van der Waals surface area (Å²) in [6.45, 7) is 2.09. The number of thiocarbonyl (C=S) groups is 1. The molecular formula is C14H13NO3S2. The maximum atomic E-state index is 12.2. The van der Waals surface area contributed by atoms with Gasteiger partial charge in [-0.25, -0.2) is 0 Å². The van der Waals surface area contributed by atoms with Crippen LogP contribution in [0.25, 0.3) is 6.08 Å². The Morgan fingerprint density at radius 2 is 2.15 bits per heavy atom. The Morgan fingerprint density at radius 1 is 1.45 bits per heavy atom. The molecule has 1 N–H and O–H groups in total. The number of aryl methyl sites for hydroxylation is 1. The third kappa shape index (κ3) is 3.26. The first-order valence-corrected chi connectivity index (χ1v) is 7.24. The molecule has 1 aromatic rings. The number of carboxylic acid groups (broad SMARTS) is 1. The van der Waals surface area contributed by atoms with Crippen LogP contribution >= 0.6 is 24.0 Å². The highest BCUT2D eigenvalue weighted by Crippen LogP contribution is 2.32. The van der Waals surface area contributed by atoms with Crippen LogP contribution in [0, 0.1) is 6.92 Å². The highest BCUT2D eigenvalue weighted by atomic mass is 32.2. The topological polar surface area (TPSA) is 57.6 Å². The molecule has 1 aliphatic heterocycles. The summed E-state index contributed by atoms with van der Waals surface area (Å²) in [6.07, 6.45) is 1.69. The van der Waals surface area contributed by atoms with Crippen LogP contribution in [0.1, 0.15) is 17.5 Å². The highest BCUT2D eigenvalue weighted by Gasteiger charge is 2.32. The molecule has 0 unspecified atom stereocenters. The third-order valence-electron chi connectivity index (χ3n) is 2.90. The molecule has 0 aliphatic carbocycles. The van der Waals surface area contributed by atoms with Gasteiger partial charge in [0, 0.05) is 6.54 Å². The lowest BCUT2D eigenvalue weighted by molar-refractivity contribution is -0.137. The van der Waals surface area contributed by atoms with Crippen molar-refractivity contribution in [2.24, 2.45) is 0 Å². The molecule has 1 fully saturated rings. The van der Waals surface area contributed by atoms with Crippen LogP contribution in [-0.2, 0) is 9.59 Å². The van der Waals surface area contributed by atoms with Gasteiger partial charge in [-0.3, -0.25) is 14.5 Å². The van der Waals surface area contributed by atoms with E-state index < -0.39 is 5.97 Å². The van der Waals surface area contributed by atoms with Crippen LogP contribution in [0.4, 0.5) is 0 Å². The minimum absolute atomic E-state index is 0.107. The van der Waals surface area contributed by atoms with E-state index in [1.807, 2.05) is 31.2 Å². The number of hydrogen-bond acceptors (Lipinski definition) is 4. The van der Waals surface area contributed by atoms with Crippen molar-refractivity contribution >= 4 is 46.3 Å². The molecular weight excluding hydrogens is 294 g/mol. The van der Waals surface area contributed by atoms with E-state index in [9.17, 15) is 9.59 Å². The minimum atomic E-state index is -0.943. The average molecular weight is 307 g/mol. The molecule has 0 spiro atoms. The van der Waals surface area contributed by atoms with E-state index in [-0.39, 0.29) is 18.9 Å². The molecule has 2 rings (SSSR count). The summed E-state index contributed by atoms with van der Waals surface area (Å²) in [5.41, 5.74) is 2.04. The number of rotatable bonds is 4. The van der Waals surface area contributed by atoms with Crippen LogP contribution in [0.15, 0.2) is 29.2 Å². The molecule has 1 amide bonds. The van der Waals surface area contributed by atoms with E-state index in [4.69, 9.17) is 17.3 Å². The third-order valence-corrected chi connectivity index (χ3v) is 4.28. The first kappa shape index (κ1) is 14.7. The van der Waals surface area contributed by atoms with Crippen LogP contribution < -0.4 is 0 Å². The number of hydrogen-bond donors (Lipinski definition) is 1. The Hall–Kier alpha value is -1.66. The molecule has 0 radical (unpaired) electrons. The molecule has 0 saturated carbocycles. The van der Waals surface area contributed by atoms with Gasteiger partial charge in [-0.15, -0.1) is 0 Å². The number of aliphatic carboxylic acids is 1. The fraction of sp³-hybridized carbons (Fsp3) is 0.214. The average Bonchev–Trinajstić information content (AvgIpc) is 2.65. The van der Waals surface area contributed by atoms with Crippen molar-refractivity contribution in [3.63, 3.8) is 0 Å². The number of thioether (sulfide) groups is 1. The van der Waals surface area contributed by atoms with Crippen LogP contribution in [0.3, 0.4) is 0 Å². The SMILES string of the molecule is Cc1ccccc1C=C1SC(=S)N(CCC(=O)O)C1=O. The fourth-order valence-electron chi connectivity index (χ4n) is 1.79. The number of nitrogens with zero attached hydrogens (tertiary/aromatic N) is 1. The van der Waals surface area contributed by atoms with Crippen molar-refractivity contribution in [1.82, 2.24) is 4.90 Å². The van der Waals surface area contributed by atoms with Gasteiger partial charge in [0.05, 0.1) is 11.3 Å². The molecule has 4 nitrogen and oxygen atoms in total. The standard InChI is InChI=1S/C14H13NO3S2/c1-9-4-2-3-5-10(9)8-11-13(18)15(14(19)20-11)7-6-12(16)17/h2-5,8H,6-7H2,1H3,(H,16,17). The summed E-state index contributed by atoms with van der Waals surface area (Å²) in [5, 5.41) is 8.68. The van der Waals surface area contributed by atoms with E-state index in [1.165, 1.54) is 16.7 Å². The molecule has 1 aromatic carbocycles. The Balaban J connectivity index is 2.19. The zero-order valence-corrected chi connectivity index (χ0v) is 12.5. The summed E-state index contributed by atoms with van der Waals surface area (Å²) < 4.78 is 0.413. The molecule has 104 valence electrons. The summed E-state index contributed by atoms with van der Waals surface area (Å²) in [5.74, 6) is -1.16. The second-order valence-electron chi connectivity index (χ2n) is 4.33. The Morgan fingerprint density at radius 3 is 2.80 bits per heavy atom. The van der Waals surface area contributed by atoms with Crippen molar-refractivity contribution in [1.29, 1.82) is 0 Å². The maximum absolute atomic E-state index is 12.2. The van der Waals surface area contributed by atoms with Crippen molar-refractivity contribution in [2.45, 2.75) is 13.3 Å². The van der Waals surface area contributed by atoms with E-state index >= 15 is 0 Å². The molecule has 0 atom stereocenters. The lowest BCUT2D eigenvalue weighted by Gasteiger charge is -2.12. The number of benzene rings is 1. The first-order chi connectivity index (χ1) is 9.49. The van der Waals surface area contributed by atoms with Gasteiger partial charge >= 0.3 is 5.97 Å². The van der Waals surface area contributed by atoms with Gasteiger partial charge < -0.3 is 5.11 Å². The normalized spacial score (nSPS) is 17.1. The molecule has 1 saturated heterocycles. The van der Waals surface area contributed by atoms with Gasteiger partial charge in [0.2, 0.25) is 0 Å². The fourth-order valence-corrected chi connectivity index (χ4v) is 3.09. The van der Waals surface area contributed by atoms with Crippen molar-refractivity contribution in [3.8, 4) is 0 Å². The van der Waals surface area contributed by atoms with Gasteiger partial charge in [0.15, 0.2) is 0 Å². The van der Waals surface area contributed by atoms with E-state index in [2.05, 4.69) is 0 Å². The molecule has 6 heteroatoms. The van der Waals surface area contributed by atoms with E-state index in [0.717, 1.165) is 11.1 Å². The molecule has 0 bridgehead atoms. The Bertz CT molecular complexity index is 610. The van der Waals surface area contributed by atoms with Crippen LogP contribution in [0.2, 0.25) is 0 Å². The second kappa shape index (κ2) is 6.19. The summed E-state index contributed by atoms with van der Waals surface area (Å²) in [4.78, 5) is 24.7. The summed E-state index contributed by atoms with van der Waals surface area (Å²) >= 11 is 6.34. The van der Waals surface area contributed by atoms with E-state index in [0.29, 0.717) is 9.23 Å². The maximum Gasteiger partial charge on any atom is 0.305 e. The van der Waals surface area contributed by atoms with Gasteiger partial charge in [0.25, 0.3) is 5.91 Å². The predicted molar refractivity (Wildman–Crippen MR) is 83.3 cm³/mol. The second-order valence-corrected chi connectivity index (χ2v) is 6.01. The molecule has 20 heavy (non-hydrogen) atoms. The van der Waals surface area contributed by atoms with Gasteiger partial charge in [-0.05, 0) is 24.1 Å². The summed E-state index contributed by atoms with van der Waals surface area (Å²) in [7, 11) is 0. The number of amides is 1. The van der Waals surface area contributed by atoms with Gasteiger partial charge in [-0.1, -0.05) is 48.2 Å². The summed E-state index contributed by atoms with van der Waals surface area (Å²) in [6, 6.07) is 7.74. The van der Waals surface area contributed by atoms with Crippen molar-refractivity contribution in [3.05, 3.63) is 40.3 Å².